The highest BCUT2D eigenvalue weighted by molar-refractivity contribution is 6.31. The fourth-order valence-corrected chi connectivity index (χ4v) is 8.14. The van der Waals surface area contributed by atoms with Gasteiger partial charge < -0.3 is 25.2 Å². The summed E-state index contributed by atoms with van der Waals surface area (Å²) in [6.45, 7) is 7.45. The van der Waals surface area contributed by atoms with Gasteiger partial charge in [0.25, 0.3) is 0 Å². The van der Waals surface area contributed by atoms with Gasteiger partial charge in [0.1, 0.15) is 17.5 Å². The molecule has 4 aliphatic heterocycles. The predicted molar refractivity (Wildman–Crippen MR) is 158 cm³/mol. The van der Waals surface area contributed by atoms with Gasteiger partial charge >= 0.3 is 0 Å². The highest BCUT2D eigenvalue weighted by Gasteiger charge is 2.72. The summed E-state index contributed by atoms with van der Waals surface area (Å²) in [7, 11) is 0. The zero-order valence-corrected chi connectivity index (χ0v) is 25.2. The van der Waals surface area contributed by atoms with E-state index < -0.39 is 41.3 Å². The Morgan fingerprint density at radius 2 is 1.83 bits per heavy atom. The van der Waals surface area contributed by atoms with Crippen LogP contribution >= 0.6 is 11.6 Å². The van der Waals surface area contributed by atoms with Gasteiger partial charge in [0, 0.05) is 24.8 Å². The predicted octanol–water partition coefficient (Wildman–Crippen LogP) is 4.39. The number of anilines is 1. The lowest BCUT2D eigenvalue weighted by molar-refractivity contribution is -0.141. The molecule has 8 atom stereocenters. The number of hydrogen-bond donors (Lipinski definition) is 2. The molecule has 2 bridgehead atoms. The number of nitrogens with one attached hydrogen (secondary N) is 2. The number of hydrogen-bond acceptors (Lipinski definition) is 5. The molecule has 42 heavy (non-hydrogen) atoms. The first-order valence-electron chi connectivity index (χ1n) is 15.7. The molecule has 6 rings (SSSR count). The normalized spacial score (nSPS) is 36.1. The molecule has 10 heteroatoms. The average Bonchev–Trinajstić information content (AvgIpc) is 3.51. The molecule has 3 amide bonds. The second kappa shape index (κ2) is 11.9. The van der Waals surface area contributed by atoms with Crippen LogP contribution in [0, 0.1) is 29.5 Å². The Hall–Kier alpha value is -2.49. The average molecular weight is 601 g/mol. The monoisotopic (exact) mass is 600 g/mol. The fourth-order valence-electron chi connectivity index (χ4n) is 7.96. The van der Waals surface area contributed by atoms with E-state index in [1.807, 2.05) is 12.2 Å². The zero-order chi connectivity index (χ0) is 29.6. The summed E-state index contributed by atoms with van der Waals surface area (Å²) in [6, 6.07) is 3.15. The molecule has 0 unspecified atom stereocenters. The lowest BCUT2D eigenvalue weighted by Gasteiger charge is -2.38. The lowest BCUT2D eigenvalue weighted by atomic mass is 9.73. The van der Waals surface area contributed by atoms with E-state index in [-0.39, 0.29) is 22.9 Å². The number of amides is 3. The fraction of sp³-hybridized carbons (Fsp3) is 0.656. The first kappa shape index (κ1) is 29.6. The molecule has 1 aromatic rings. The summed E-state index contributed by atoms with van der Waals surface area (Å²) < 4.78 is 20.2. The van der Waals surface area contributed by atoms with Gasteiger partial charge in [0.05, 0.1) is 23.0 Å². The molecule has 0 aromatic heterocycles. The number of fused-ring (bicyclic) bond motifs is 1. The summed E-state index contributed by atoms with van der Waals surface area (Å²) in [5, 5.41) is 6.02. The largest absolute Gasteiger partial charge is 0.359 e. The molecule has 2 N–H and O–H groups in total. The molecular weight excluding hydrogens is 559 g/mol. The van der Waals surface area contributed by atoms with Gasteiger partial charge in [-0.3, -0.25) is 14.4 Å². The third-order valence-corrected chi connectivity index (χ3v) is 10.8. The van der Waals surface area contributed by atoms with Crippen LogP contribution in [0.5, 0.6) is 0 Å². The third-order valence-electron chi connectivity index (χ3n) is 10.5. The van der Waals surface area contributed by atoms with E-state index in [9.17, 15) is 18.8 Å². The Balaban J connectivity index is 1.27. The minimum absolute atomic E-state index is 0.0316. The Bertz CT molecular complexity index is 1250. The molecule has 1 aliphatic carbocycles. The van der Waals surface area contributed by atoms with Crippen molar-refractivity contribution in [3.05, 3.63) is 41.2 Å². The van der Waals surface area contributed by atoms with Gasteiger partial charge in [-0.1, -0.05) is 63.3 Å². The molecule has 1 spiro atoms. The van der Waals surface area contributed by atoms with Gasteiger partial charge in [-0.15, -0.1) is 0 Å². The molecule has 1 saturated carbocycles. The van der Waals surface area contributed by atoms with E-state index >= 15 is 0 Å². The quantitative estimate of drug-likeness (QED) is 0.453. The first-order chi connectivity index (χ1) is 20.2. The Morgan fingerprint density at radius 1 is 1.07 bits per heavy atom. The van der Waals surface area contributed by atoms with Crippen molar-refractivity contribution in [1.82, 2.24) is 15.1 Å². The van der Waals surface area contributed by atoms with Gasteiger partial charge in [-0.2, -0.15) is 0 Å². The van der Waals surface area contributed by atoms with Crippen molar-refractivity contribution in [1.29, 1.82) is 0 Å². The van der Waals surface area contributed by atoms with Crippen molar-refractivity contribution in [2.45, 2.75) is 82.6 Å². The minimum Gasteiger partial charge on any atom is -0.359 e. The standard InChI is InChI=1S/C32H42ClFN4O4/c1-19-8-7-9-24(20(19)2)36-30(40)28-32-13-12-25(42-32)26(29(39)35-21-10-11-23(34)22(33)18-21)27(32)31(41)38(28)17-16-37-14-5-3-4-6-15-37/h10-13,18-20,24-28H,3-9,14-17H2,1-2H3,(H,35,39)(H,36,40)/t19-,20-,24+,25+,26+,27+,28+,32+/m1/s1. The molecule has 0 radical (unpaired) electrons. The minimum atomic E-state index is -1.21. The number of ether oxygens (including phenoxy) is 1. The molecule has 228 valence electrons. The number of likely N-dealkylation sites (tertiary alicyclic amines) is 2. The van der Waals surface area contributed by atoms with Crippen molar-refractivity contribution >= 4 is 35.0 Å². The van der Waals surface area contributed by atoms with E-state index in [4.69, 9.17) is 16.3 Å². The van der Waals surface area contributed by atoms with E-state index in [0.717, 1.165) is 45.2 Å². The van der Waals surface area contributed by atoms with Crippen LogP contribution in [0.15, 0.2) is 30.4 Å². The van der Waals surface area contributed by atoms with Crippen molar-refractivity contribution < 1.29 is 23.5 Å². The number of carbonyl (C=O) groups excluding carboxylic acids is 3. The van der Waals surface area contributed by atoms with Crippen molar-refractivity contribution in [3.63, 3.8) is 0 Å². The van der Waals surface area contributed by atoms with Crippen LogP contribution in [-0.2, 0) is 19.1 Å². The second-order valence-corrected chi connectivity index (χ2v) is 13.4. The van der Waals surface area contributed by atoms with E-state index in [1.54, 1.807) is 4.90 Å². The van der Waals surface area contributed by atoms with Crippen molar-refractivity contribution in [2.75, 3.05) is 31.5 Å². The number of benzene rings is 1. The van der Waals surface area contributed by atoms with Crippen LogP contribution in [0.3, 0.4) is 0 Å². The van der Waals surface area contributed by atoms with Crippen LogP contribution in [0.4, 0.5) is 10.1 Å². The molecule has 1 aromatic carbocycles. The lowest BCUT2D eigenvalue weighted by Crippen LogP contribution is -2.58. The van der Waals surface area contributed by atoms with Gasteiger partial charge in [-0.25, -0.2) is 4.39 Å². The highest BCUT2D eigenvalue weighted by atomic mass is 35.5. The van der Waals surface area contributed by atoms with Gasteiger partial charge in [0.2, 0.25) is 17.7 Å². The van der Waals surface area contributed by atoms with Crippen LogP contribution in [0.2, 0.25) is 5.02 Å². The maximum Gasteiger partial charge on any atom is 0.246 e. The molecule has 4 fully saturated rings. The Morgan fingerprint density at radius 3 is 2.57 bits per heavy atom. The Labute approximate surface area is 252 Å². The van der Waals surface area contributed by atoms with E-state index in [0.29, 0.717) is 30.6 Å². The zero-order valence-electron chi connectivity index (χ0n) is 24.5. The SMILES string of the molecule is C[C@@H]1[C@H](C)CCC[C@@H]1NC(=O)[C@@H]1N(CCN2CCCCCC2)C(=O)[C@@H]2[C@@H](C(=O)Nc3ccc(F)c(Cl)c3)[C@@H]3C=C[C@]21O3. The van der Waals surface area contributed by atoms with E-state index in [2.05, 4.69) is 29.4 Å². The molecule has 5 aliphatic rings. The summed E-state index contributed by atoms with van der Waals surface area (Å²) >= 11 is 5.94. The van der Waals surface area contributed by atoms with Crippen molar-refractivity contribution in [2.24, 2.45) is 23.7 Å². The smallest absolute Gasteiger partial charge is 0.246 e. The summed E-state index contributed by atoms with van der Waals surface area (Å²) in [6.07, 6.45) is 10.8. The first-order valence-corrected chi connectivity index (χ1v) is 16.0. The topological polar surface area (TPSA) is 91.0 Å². The van der Waals surface area contributed by atoms with Gasteiger partial charge in [0.15, 0.2) is 0 Å². The van der Waals surface area contributed by atoms with Crippen LogP contribution in [0.25, 0.3) is 0 Å². The summed E-state index contributed by atoms with van der Waals surface area (Å²) in [5.74, 6) is -2.23. The maximum atomic E-state index is 14.3. The van der Waals surface area contributed by atoms with Crippen LogP contribution < -0.4 is 10.6 Å². The number of halogens is 2. The number of nitrogens with zero attached hydrogens (tertiary/aromatic N) is 2. The van der Waals surface area contributed by atoms with Crippen LogP contribution in [-0.4, -0.2) is 77.5 Å². The second-order valence-electron chi connectivity index (χ2n) is 13.0. The molecule has 3 saturated heterocycles. The van der Waals surface area contributed by atoms with E-state index in [1.165, 1.54) is 31.0 Å². The van der Waals surface area contributed by atoms with Crippen molar-refractivity contribution in [3.8, 4) is 0 Å². The third kappa shape index (κ3) is 5.26. The molecule has 4 heterocycles. The number of carbonyl (C=O) groups is 3. The Kier molecular flexibility index (Phi) is 8.37. The molecular formula is C32H42ClFN4O4. The summed E-state index contributed by atoms with van der Waals surface area (Å²) in [4.78, 5) is 46.2. The maximum absolute atomic E-state index is 14.3. The van der Waals surface area contributed by atoms with Crippen LogP contribution in [0.1, 0.15) is 58.8 Å². The number of rotatable bonds is 7. The summed E-state index contributed by atoms with van der Waals surface area (Å²) in [5.41, 5.74) is -0.873. The van der Waals surface area contributed by atoms with Gasteiger partial charge in [-0.05, 0) is 62.4 Å². The highest BCUT2D eigenvalue weighted by Crippen LogP contribution is 2.55. The molecule has 8 nitrogen and oxygen atoms in total.